The Morgan fingerprint density at radius 3 is 2.30 bits per heavy atom. The van der Waals surface area contributed by atoms with E-state index in [2.05, 4.69) is 25.1 Å². The van der Waals surface area contributed by atoms with Crippen molar-refractivity contribution >= 4 is 23.4 Å². The third-order valence-electron chi connectivity index (χ3n) is 5.39. The van der Waals surface area contributed by atoms with Gasteiger partial charge in [0.2, 0.25) is 16.8 Å². The Kier molecular flexibility index (Phi) is 7.18. The van der Waals surface area contributed by atoms with E-state index in [-0.39, 0.29) is 11.7 Å². The van der Waals surface area contributed by atoms with Crippen molar-refractivity contribution in [2.75, 3.05) is 58.2 Å². The molecule has 2 aromatic heterocycles. The summed E-state index contributed by atoms with van der Waals surface area (Å²) in [5.74, 6) is 2.47. The molecule has 3 heterocycles. The molecule has 1 aliphatic rings. The molecule has 1 aromatic carbocycles. The zero-order chi connectivity index (χ0) is 23.2. The van der Waals surface area contributed by atoms with Crippen molar-refractivity contribution in [1.29, 1.82) is 0 Å². The average Bonchev–Trinajstić information content (AvgIpc) is 3.36. The maximum absolute atomic E-state index is 12.7. The predicted molar refractivity (Wildman–Crippen MR) is 125 cm³/mol. The summed E-state index contributed by atoms with van der Waals surface area (Å²) in [7, 11) is 4.68. The second kappa shape index (κ2) is 10.4. The van der Waals surface area contributed by atoms with E-state index >= 15 is 0 Å². The smallest absolute Gasteiger partial charge is 0.233 e. The molecular weight excluding hydrogens is 444 g/mol. The number of anilines is 1. The number of nitrogens with zero attached hydrogens (tertiary/aromatic N) is 5. The van der Waals surface area contributed by atoms with Crippen molar-refractivity contribution in [1.82, 2.24) is 25.1 Å². The summed E-state index contributed by atoms with van der Waals surface area (Å²) in [6, 6.07) is 7.57. The van der Waals surface area contributed by atoms with Crippen LogP contribution in [0.1, 0.15) is 0 Å². The van der Waals surface area contributed by atoms with Crippen LogP contribution in [-0.4, -0.2) is 84.2 Å². The Hall–Kier alpha value is -3.47. The van der Waals surface area contributed by atoms with E-state index < -0.39 is 0 Å². The molecule has 174 valence electrons. The van der Waals surface area contributed by atoms with Crippen molar-refractivity contribution in [3.63, 3.8) is 0 Å². The van der Waals surface area contributed by atoms with Crippen LogP contribution >= 0.6 is 11.8 Å². The lowest BCUT2D eigenvalue weighted by atomic mass is 10.1. The van der Waals surface area contributed by atoms with Crippen LogP contribution in [0.25, 0.3) is 11.4 Å². The lowest BCUT2D eigenvalue weighted by Gasteiger charge is -2.36. The van der Waals surface area contributed by atoms with Gasteiger partial charge in [-0.15, -0.1) is 5.10 Å². The maximum atomic E-state index is 12.7. The summed E-state index contributed by atoms with van der Waals surface area (Å²) in [6.45, 7) is 2.97. The number of aromatic amines is 1. The van der Waals surface area contributed by atoms with Crippen molar-refractivity contribution in [3.05, 3.63) is 36.7 Å². The molecule has 0 saturated carbocycles. The number of thioether (sulfide) groups is 1. The normalized spacial score (nSPS) is 13.7. The molecule has 10 nitrogen and oxygen atoms in total. The molecule has 1 N–H and O–H groups in total. The second-order valence-corrected chi connectivity index (χ2v) is 8.19. The average molecular weight is 471 g/mol. The first-order valence-electron chi connectivity index (χ1n) is 10.4. The van der Waals surface area contributed by atoms with Gasteiger partial charge in [-0.1, -0.05) is 11.8 Å². The van der Waals surface area contributed by atoms with E-state index in [1.54, 1.807) is 45.9 Å². The molecule has 1 fully saturated rings. The van der Waals surface area contributed by atoms with Crippen molar-refractivity contribution < 1.29 is 19.0 Å². The number of amides is 1. The number of piperazine rings is 1. The lowest BCUT2D eigenvalue weighted by molar-refractivity contribution is -0.128. The van der Waals surface area contributed by atoms with Crippen molar-refractivity contribution in [2.45, 2.75) is 5.16 Å². The van der Waals surface area contributed by atoms with Crippen molar-refractivity contribution in [3.8, 4) is 28.6 Å². The monoisotopic (exact) mass is 470 g/mol. The number of carbonyl (C=O) groups excluding carboxylic acids is 1. The number of pyridine rings is 1. The first kappa shape index (κ1) is 22.7. The van der Waals surface area contributed by atoms with Crippen LogP contribution in [0.2, 0.25) is 0 Å². The van der Waals surface area contributed by atoms with Gasteiger partial charge in [0, 0.05) is 49.8 Å². The number of carbonyl (C=O) groups is 1. The van der Waals surface area contributed by atoms with Crippen LogP contribution < -0.4 is 19.1 Å². The molecule has 1 amide bonds. The Bertz CT molecular complexity index is 1060. The molecule has 1 saturated heterocycles. The highest BCUT2D eigenvalue weighted by molar-refractivity contribution is 7.99. The minimum atomic E-state index is 0.0773. The number of hydrogen-bond donors (Lipinski definition) is 1. The summed E-state index contributed by atoms with van der Waals surface area (Å²) >= 11 is 1.31. The van der Waals surface area contributed by atoms with Crippen molar-refractivity contribution in [2.24, 2.45) is 0 Å². The summed E-state index contributed by atoms with van der Waals surface area (Å²) < 4.78 is 16.2. The number of hydrogen-bond acceptors (Lipinski definition) is 9. The minimum Gasteiger partial charge on any atom is -0.493 e. The van der Waals surface area contributed by atoms with Crippen LogP contribution in [0.3, 0.4) is 0 Å². The first-order valence-corrected chi connectivity index (χ1v) is 11.4. The topological polar surface area (TPSA) is 106 Å². The predicted octanol–water partition coefficient (Wildman–Crippen LogP) is 2.33. The van der Waals surface area contributed by atoms with Gasteiger partial charge in [-0.2, -0.15) is 0 Å². The number of rotatable bonds is 8. The largest absolute Gasteiger partial charge is 0.493 e. The summed E-state index contributed by atoms with van der Waals surface area (Å²) in [5, 5.41) is 7.67. The highest BCUT2D eigenvalue weighted by Gasteiger charge is 2.22. The lowest BCUT2D eigenvalue weighted by Crippen LogP contribution is -2.49. The number of nitrogens with one attached hydrogen (secondary N) is 1. The van der Waals surface area contributed by atoms with Crippen LogP contribution in [0.5, 0.6) is 17.2 Å². The number of methoxy groups -OCH3 is 3. The molecule has 0 spiro atoms. The van der Waals surface area contributed by atoms with Gasteiger partial charge in [-0.05, 0) is 24.3 Å². The van der Waals surface area contributed by atoms with Gasteiger partial charge in [0.25, 0.3) is 0 Å². The molecule has 0 radical (unpaired) electrons. The molecule has 11 heteroatoms. The van der Waals surface area contributed by atoms with Gasteiger partial charge >= 0.3 is 0 Å². The van der Waals surface area contributed by atoms with E-state index in [1.807, 2.05) is 17.0 Å². The van der Waals surface area contributed by atoms with Gasteiger partial charge in [-0.3, -0.25) is 14.9 Å². The van der Waals surface area contributed by atoms with Gasteiger partial charge < -0.3 is 24.0 Å². The maximum Gasteiger partial charge on any atom is 0.233 e. The Morgan fingerprint density at radius 2 is 1.70 bits per heavy atom. The van der Waals surface area contributed by atoms with Crippen LogP contribution in [0, 0.1) is 0 Å². The number of benzene rings is 1. The van der Waals surface area contributed by atoms with Gasteiger partial charge in [0.05, 0.1) is 27.1 Å². The van der Waals surface area contributed by atoms with E-state index in [0.717, 1.165) is 24.3 Å². The second-order valence-electron chi connectivity index (χ2n) is 7.24. The molecule has 0 atom stereocenters. The van der Waals surface area contributed by atoms with E-state index in [4.69, 9.17) is 14.2 Å². The number of ether oxygens (including phenoxy) is 3. The highest BCUT2D eigenvalue weighted by atomic mass is 32.2. The third kappa shape index (κ3) is 5.14. The minimum absolute atomic E-state index is 0.0773. The molecule has 0 bridgehead atoms. The number of aromatic nitrogens is 4. The third-order valence-corrected chi connectivity index (χ3v) is 6.22. The standard InChI is InChI=1S/C22H26N6O4S/c1-30-17-12-15(13-18(31-2)20(17)32-3)21-24-22(26-25-21)33-14-19(29)28-10-8-27(9-11-28)16-4-6-23-7-5-16/h4-7,12-13H,8-11,14H2,1-3H3,(H,24,25,26). The summed E-state index contributed by atoms with van der Waals surface area (Å²) in [6.07, 6.45) is 3.57. The SMILES string of the molecule is COc1cc(-c2nc(SCC(=O)N3CCN(c4ccncc4)CC3)n[nH]2)cc(OC)c1OC. The number of H-pyrrole nitrogens is 1. The van der Waals surface area contributed by atoms with Gasteiger partial charge in [0.1, 0.15) is 0 Å². The van der Waals surface area contributed by atoms with E-state index in [1.165, 1.54) is 11.8 Å². The molecular formula is C22H26N6O4S. The highest BCUT2D eigenvalue weighted by Crippen LogP contribution is 2.40. The Labute approximate surface area is 196 Å². The summed E-state index contributed by atoms with van der Waals surface area (Å²) in [5.41, 5.74) is 1.87. The fourth-order valence-corrected chi connectivity index (χ4v) is 4.35. The molecule has 33 heavy (non-hydrogen) atoms. The molecule has 3 aromatic rings. The van der Waals surface area contributed by atoms with Gasteiger partial charge in [-0.25, -0.2) is 4.98 Å². The quantitative estimate of drug-likeness (QED) is 0.497. The Balaban J connectivity index is 1.34. The molecule has 0 unspecified atom stereocenters. The van der Waals surface area contributed by atoms with Crippen LogP contribution in [0.4, 0.5) is 5.69 Å². The van der Waals surface area contributed by atoms with E-state index in [9.17, 15) is 4.79 Å². The molecule has 1 aliphatic heterocycles. The fraction of sp³-hybridized carbons (Fsp3) is 0.364. The fourth-order valence-electron chi connectivity index (χ4n) is 3.64. The van der Waals surface area contributed by atoms with E-state index in [0.29, 0.717) is 41.3 Å². The first-order chi connectivity index (χ1) is 16.1. The molecule has 4 rings (SSSR count). The zero-order valence-electron chi connectivity index (χ0n) is 18.8. The zero-order valence-corrected chi connectivity index (χ0v) is 19.6. The van der Waals surface area contributed by atoms with Crippen LogP contribution in [0.15, 0.2) is 41.8 Å². The van der Waals surface area contributed by atoms with Crippen LogP contribution in [-0.2, 0) is 4.79 Å². The Morgan fingerprint density at radius 1 is 1.03 bits per heavy atom. The van der Waals surface area contributed by atoms with Gasteiger partial charge in [0.15, 0.2) is 17.3 Å². The summed E-state index contributed by atoms with van der Waals surface area (Å²) in [4.78, 5) is 25.4. The molecule has 0 aliphatic carbocycles.